The van der Waals surface area contributed by atoms with E-state index in [1.54, 1.807) is 12.3 Å². The van der Waals surface area contributed by atoms with Crippen molar-refractivity contribution in [3.63, 3.8) is 0 Å². The van der Waals surface area contributed by atoms with E-state index in [1.165, 1.54) is 12.1 Å². The molecule has 2 aromatic rings. The van der Waals surface area contributed by atoms with Gasteiger partial charge in [-0.2, -0.15) is 0 Å². The fourth-order valence-electron chi connectivity index (χ4n) is 3.04. The van der Waals surface area contributed by atoms with Gasteiger partial charge in [0.25, 0.3) is 5.91 Å². The molecule has 1 aromatic heterocycles. The Balaban J connectivity index is 1.61. The lowest BCUT2D eigenvalue weighted by molar-refractivity contribution is -0.274. The zero-order chi connectivity index (χ0) is 18.6. The van der Waals surface area contributed by atoms with Gasteiger partial charge in [0.2, 0.25) is 0 Å². The molecule has 0 aliphatic carbocycles. The quantitative estimate of drug-likeness (QED) is 0.844. The monoisotopic (exact) mass is 368 g/mol. The van der Waals surface area contributed by atoms with Gasteiger partial charge in [-0.1, -0.05) is 0 Å². The molecule has 1 aliphatic heterocycles. The first kappa shape index (κ1) is 18.3. The minimum absolute atomic E-state index is 0.0655. The summed E-state index contributed by atoms with van der Waals surface area (Å²) in [5, 5.41) is 2.83. The third-order valence-electron chi connectivity index (χ3n) is 4.26. The van der Waals surface area contributed by atoms with Gasteiger partial charge >= 0.3 is 6.36 Å². The highest BCUT2D eigenvalue weighted by Gasteiger charge is 2.31. The number of carbonyl (C=O) groups is 1. The van der Waals surface area contributed by atoms with Gasteiger partial charge in [-0.05, 0) is 62.3 Å². The molecule has 1 N–H and O–H groups in total. The van der Waals surface area contributed by atoms with E-state index in [-0.39, 0.29) is 23.3 Å². The molecule has 3 rings (SSSR count). The number of furan rings is 1. The number of hydrogen-bond donors (Lipinski definition) is 1. The molecule has 0 radical (unpaired) electrons. The fraction of sp³-hybridized carbons (Fsp3) is 0.389. The molecule has 0 spiro atoms. The van der Waals surface area contributed by atoms with E-state index in [1.807, 2.05) is 6.07 Å². The maximum Gasteiger partial charge on any atom is 0.573 e. The van der Waals surface area contributed by atoms with Crippen LogP contribution >= 0.6 is 0 Å². The zero-order valence-electron chi connectivity index (χ0n) is 14.0. The van der Waals surface area contributed by atoms with E-state index in [2.05, 4.69) is 15.0 Å². The number of likely N-dealkylation sites (tertiary alicyclic amines) is 1. The Morgan fingerprint density at radius 2 is 1.88 bits per heavy atom. The molecule has 140 valence electrons. The number of rotatable bonds is 6. The number of halogens is 3. The summed E-state index contributed by atoms with van der Waals surface area (Å²) in [5.74, 6) is 0.0556. The second-order valence-corrected chi connectivity index (χ2v) is 6.06. The Kier molecular flexibility index (Phi) is 5.51. The minimum Gasteiger partial charge on any atom is -0.468 e. The largest absolute Gasteiger partial charge is 0.573 e. The predicted molar refractivity (Wildman–Crippen MR) is 87.7 cm³/mol. The SMILES string of the molecule is O=C(NCC(c1ccco1)N1CCCC1)c1ccc(OC(F)(F)F)cc1. The highest BCUT2D eigenvalue weighted by Crippen LogP contribution is 2.25. The van der Waals surface area contributed by atoms with Gasteiger partial charge in [0.05, 0.1) is 12.3 Å². The number of carbonyl (C=O) groups excluding carboxylic acids is 1. The molecular formula is C18H19F3N2O3. The van der Waals surface area contributed by atoms with Crippen LogP contribution in [-0.4, -0.2) is 36.8 Å². The van der Waals surface area contributed by atoms with Gasteiger partial charge in [0.1, 0.15) is 11.5 Å². The van der Waals surface area contributed by atoms with E-state index in [9.17, 15) is 18.0 Å². The molecule has 0 saturated carbocycles. The van der Waals surface area contributed by atoms with E-state index in [0.29, 0.717) is 6.54 Å². The van der Waals surface area contributed by atoms with E-state index >= 15 is 0 Å². The molecule has 2 heterocycles. The topological polar surface area (TPSA) is 54.7 Å². The molecular weight excluding hydrogens is 349 g/mol. The van der Waals surface area contributed by atoms with Crippen LogP contribution in [0.15, 0.2) is 47.1 Å². The van der Waals surface area contributed by atoms with Crippen molar-refractivity contribution in [2.45, 2.75) is 25.2 Å². The van der Waals surface area contributed by atoms with Crippen molar-refractivity contribution in [1.29, 1.82) is 0 Å². The van der Waals surface area contributed by atoms with Gasteiger partial charge in [-0.3, -0.25) is 9.69 Å². The van der Waals surface area contributed by atoms with Crippen LogP contribution in [0.5, 0.6) is 5.75 Å². The molecule has 1 unspecified atom stereocenters. The molecule has 1 saturated heterocycles. The molecule has 5 nitrogen and oxygen atoms in total. The first-order chi connectivity index (χ1) is 12.4. The molecule has 8 heteroatoms. The van der Waals surface area contributed by atoms with Gasteiger partial charge in [-0.25, -0.2) is 0 Å². The summed E-state index contributed by atoms with van der Waals surface area (Å²) in [5.41, 5.74) is 0.263. The lowest BCUT2D eigenvalue weighted by atomic mass is 10.1. The van der Waals surface area contributed by atoms with Crippen LogP contribution in [0, 0.1) is 0 Å². The van der Waals surface area contributed by atoms with Crippen molar-refractivity contribution in [3.8, 4) is 5.75 Å². The number of alkyl halides is 3. The number of amides is 1. The summed E-state index contributed by atoms with van der Waals surface area (Å²) >= 11 is 0. The Labute approximate surface area is 148 Å². The van der Waals surface area contributed by atoms with Crippen molar-refractivity contribution >= 4 is 5.91 Å². The molecule has 1 aliphatic rings. The van der Waals surface area contributed by atoms with Crippen LogP contribution in [0.3, 0.4) is 0 Å². The number of nitrogens with one attached hydrogen (secondary N) is 1. The van der Waals surface area contributed by atoms with Crippen molar-refractivity contribution < 1.29 is 27.1 Å². The van der Waals surface area contributed by atoms with Crippen molar-refractivity contribution in [3.05, 3.63) is 54.0 Å². The maximum atomic E-state index is 12.3. The summed E-state index contributed by atoms with van der Waals surface area (Å²) in [7, 11) is 0. The van der Waals surface area contributed by atoms with Crippen LogP contribution in [0.2, 0.25) is 0 Å². The first-order valence-electron chi connectivity index (χ1n) is 8.34. The van der Waals surface area contributed by atoms with Crippen molar-refractivity contribution in [2.75, 3.05) is 19.6 Å². The lowest BCUT2D eigenvalue weighted by Gasteiger charge is -2.26. The van der Waals surface area contributed by atoms with Crippen LogP contribution in [0.4, 0.5) is 13.2 Å². The maximum absolute atomic E-state index is 12.3. The number of ether oxygens (including phenoxy) is 1. The standard InChI is InChI=1S/C18H19F3N2O3/c19-18(20,21)26-14-7-5-13(6-8-14)17(24)22-12-15(16-4-3-11-25-16)23-9-1-2-10-23/h3-8,11,15H,1-2,9-10,12H2,(H,22,24). The number of benzene rings is 1. The van der Waals surface area contributed by atoms with Gasteiger partial charge < -0.3 is 14.5 Å². The average molecular weight is 368 g/mol. The average Bonchev–Trinajstić information content (AvgIpc) is 3.28. The zero-order valence-corrected chi connectivity index (χ0v) is 14.0. The van der Waals surface area contributed by atoms with Crippen LogP contribution in [0.1, 0.15) is 35.0 Å². The predicted octanol–water partition coefficient (Wildman–Crippen LogP) is 3.75. The lowest BCUT2D eigenvalue weighted by Crippen LogP contribution is -2.36. The Hall–Kier alpha value is -2.48. The highest BCUT2D eigenvalue weighted by atomic mass is 19.4. The smallest absolute Gasteiger partial charge is 0.468 e. The third-order valence-corrected chi connectivity index (χ3v) is 4.26. The van der Waals surface area contributed by atoms with Gasteiger partial charge in [0, 0.05) is 12.1 Å². The number of hydrogen-bond acceptors (Lipinski definition) is 4. The summed E-state index contributed by atoms with van der Waals surface area (Å²) in [4.78, 5) is 14.6. The van der Waals surface area contributed by atoms with Crippen LogP contribution in [0.25, 0.3) is 0 Å². The molecule has 1 aromatic carbocycles. The van der Waals surface area contributed by atoms with Gasteiger partial charge in [-0.15, -0.1) is 13.2 Å². The molecule has 0 bridgehead atoms. The number of nitrogens with zero attached hydrogens (tertiary/aromatic N) is 1. The molecule has 26 heavy (non-hydrogen) atoms. The second-order valence-electron chi connectivity index (χ2n) is 6.06. The van der Waals surface area contributed by atoms with Crippen LogP contribution in [-0.2, 0) is 0 Å². The second kappa shape index (κ2) is 7.82. The van der Waals surface area contributed by atoms with E-state index in [4.69, 9.17) is 4.42 Å². The first-order valence-corrected chi connectivity index (χ1v) is 8.34. The van der Waals surface area contributed by atoms with E-state index in [0.717, 1.165) is 43.8 Å². The summed E-state index contributed by atoms with van der Waals surface area (Å²) in [6, 6.07) is 8.45. The Morgan fingerprint density at radius 1 is 1.19 bits per heavy atom. The van der Waals surface area contributed by atoms with E-state index < -0.39 is 6.36 Å². The highest BCUT2D eigenvalue weighted by molar-refractivity contribution is 5.94. The summed E-state index contributed by atoms with van der Waals surface area (Å²) in [6.07, 6.45) is -0.951. The Morgan fingerprint density at radius 3 is 2.46 bits per heavy atom. The normalized spacial score (nSPS) is 16.4. The van der Waals surface area contributed by atoms with Crippen molar-refractivity contribution in [2.24, 2.45) is 0 Å². The van der Waals surface area contributed by atoms with Crippen molar-refractivity contribution in [1.82, 2.24) is 10.2 Å². The fourth-order valence-corrected chi connectivity index (χ4v) is 3.04. The molecule has 1 fully saturated rings. The third kappa shape index (κ3) is 4.78. The summed E-state index contributed by atoms with van der Waals surface area (Å²) in [6.45, 7) is 2.22. The van der Waals surface area contributed by atoms with Crippen LogP contribution < -0.4 is 10.1 Å². The molecule has 1 atom stereocenters. The minimum atomic E-state index is -4.75. The summed E-state index contributed by atoms with van der Waals surface area (Å²) < 4.78 is 45.8. The van der Waals surface area contributed by atoms with Gasteiger partial charge in [0.15, 0.2) is 0 Å². The Bertz CT molecular complexity index is 708. The molecule has 1 amide bonds.